The molecule has 0 amide bonds. The van der Waals surface area contributed by atoms with Crippen molar-refractivity contribution in [1.82, 2.24) is 0 Å². The van der Waals surface area contributed by atoms with Crippen LogP contribution in [0.3, 0.4) is 0 Å². The van der Waals surface area contributed by atoms with Gasteiger partial charge in [-0.3, -0.25) is 14.4 Å². The van der Waals surface area contributed by atoms with Crippen molar-refractivity contribution >= 4 is 17.9 Å². The van der Waals surface area contributed by atoms with Crippen molar-refractivity contribution in [3.05, 3.63) is 0 Å². The van der Waals surface area contributed by atoms with Crippen LogP contribution in [0.5, 0.6) is 0 Å². The van der Waals surface area contributed by atoms with Crippen molar-refractivity contribution in [3.8, 4) is 0 Å². The molecule has 5 aliphatic rings. The second-order valence-electron chi connectivity index (χ2n) is 20.2. The summed E-state index contributed by atoms with van der Waals surface area (Å²) in [6.45, 7) is 12.8. The van der Waals surface area contributed by atoms with Gasteiger partial charge in [0.05, 0.1) is 42.9 Å². The molecule has 0 spiro atoms. The number of esters is 3. The third-order valence-electron chi connectivity index (χ3n) is 14.7. The highest BCUT2D eigenvalue weighted by Gasteiger charge is 2.58. The van der Waals surface area contributed by atoms with Gasteiger partial charge in [0, 0.05) is 6.42 Å². The fourth-order valence-corrected chi connectivity index (χ4v) is 9.50. The van der Waals surface area contributed by atoms with Crippen LogP contribution in [0, 0.1) is 11.8 Å². The molecule has 0 aromatic heterocycles. The van der Waals surface area contributed by atoms with Gasteiger partial charge in [-0.15, -0.1) is 0 Å². The third-order valence-corrected chi connectivity index (χ3v) is 14.7. The lowest BCUT2D eigenvalue weighted by atomic mass is 9.95. The molecule has 21 heteroatoms. The van der Waals surface area contributed by atoms with Crippen molar-refractivity contribution in [2.45, 2.75) is 281 Å². The first-order chi connectivity index (χ1) is 33.8. The van der Waals surface area contributed by atoms with E-state index in [2.05, 4.69) is 6.92 Å². The highest BCUT2D eigenvalue weighted by Crippen LogP contribution is 2.38. The van der Waals surface area contributed by atoms with E-state index >= 15 is 0 Å². The monoisotopic (exact) mass is 1020 g/mol. The van der Waals surface area contributed by atoms with E-state index in [-0.39, 0.29) is 12.5 Å². The SMILES string of the molecule is CCCCC[C@H]1CCCCCCCCCC(=O)O[C@@H]2[C@@H](O[C@@H]3O[C@H](C)[C@@H](OC(=O)C(C)CC)[C@H](O)[C@H]3O)[C@H](C)O[C@@H](O[C@H]3[C@H](O[C@H]4[C@H](O1)O[C@H](C)[C@@H](O)[C@@H]4O)O[C@H](CO)[C@@H](O)[C@@H]3O)[C@@H]2OC(=O)C(C)CC. The lowest BCUT2D eigenvalue weighted by Crippen LogP contribution is -2.68. The molecule has 0 aromatic carbocycles. The lowest BCUT2D eigenvalue weighted by molar-refractivity contribution is -0.399. The molecule has 2 unspecified atom stereocenters. The number of carbonyl (C=O) groups excluding carboxylic acids is 3. The first-order valence-corrected chi connectivity index (χ1v) is 26.4. The number of aliphatic hydroxyl groups is 7. The minimum atomic E-state index is -1.92. The molecular weight excluding hydrogens is 937 g/mol. The highest BCUT2D eigenvalue weighted by molar-refractivity contribution is 5.73. The van der Waals surface area contributed by atoms with Crippen LogP contribution in [-0.2, 0) is 66.5 Å². The molecule has 5 saturated heterocycles. The van der Waals surface area contributed by atoms with E-state index in [0.717, 1.165) is 51.4 Å². The summed E-state index contributed by atoms with van der Waals surface area (Å²) in [6, 6.07) is 0. The van der Waals surface area contributed by atoms with E-state index in [9.17, 15) is 50.1 Å². The third kappa shape index (κ3) is 15.7. The number of hydrogen-bond acceptors (Lipinski definition) is 21. The Morgan fingerprint density at radius 2 is 1.13 bits per heavy atom. The molecule has 5 aliphatic heterocycles. The molecule has 5 rings (SSSR count). The summed E-state index contributed by atoms with van der Waals surface area (Å²) >= 11 is 0. The van der Waals surface area contributed by atoms with Gasteiger partial charge in [0.1, 0.15) is 61.0 Å². The Bertz CT molecular complexity index is 1610. The number of aliphatic hydroxyl groups excluding tert-OH is 7. The van der Waals surface area contributed by atoms with Gasteiger partial charge in [-0.2, -0.15) is 0 Å². The standard InChI is InChI=1S/C50H86O21/c1-9-12-18-21-30-22-19-16-14-13-15-17-20-23-32(52)66-43-40(69-47-38(58)37(57)39(28(7)62-47)67-45(59)25(4)10-2)29(8)63-50(44(43)68-46(60)26(5)11-3)71-42-36(56)34(54)31(24-51)65-49(42)70-41-35(55)33(53)27(6)61-48(41)64-30/h25-31,33-44,47-51,53-58H,9-24H2,1-8H3/t25?,26?,27-,28-,29+,30+,31-,33-,34-,35+,36+,37-,38-,39-,40+,41-,42-,43-,44-,47+,48+,49+,50+/m1/s1. The number of carbonyl (C=O) groups is 3. The van der Waals surface area contributed by atoms with E-state index in [4.69, 9.17) is 52.1 Å². The Kier molecular flexibility index (Phi) is 24.1. The van der Waals surface area contributed by atoms with Crippen LogP contribution < -0.4 is 0 Å². The van der Waals surface area contributed by atoms with Crippen LogP contribution in [0.4, 0.5) is 0 Å². The van der Waals surface area contributed by atoms with Crippen molar-refractivity contribution in [2.75, 3.05) is 6.61 Å². The summed E-state index contributed by atoms with van der Waals surface area (Å²) in [7, 11) is 0. The molecule has 5 heterocycles. The zero-order valence-corrected chi connectivity index (χ0v) is 42.9. The second kappa shape index (κ2) is 28.6. The van der Waals surface area contributed by atoms with Gasteiger partial charge < -0.3 is 87.9 Å². The number of rotatable bonds is 13. The van der Waals surface area contributed by atoms with Gasteiger partial charge in [0.2, 0.25) is 0 Å². The Labute approximate surface area is 418 Å². The van der Waals surface area contributed by atoms with Crippen LogP contribution in [0.25, 0.3) is 0 Å². The minimum absolute atomic E-state index is 0.0361. The summed E-state index contributed by atoms with van der Waals surface area (Å²) in [5.74, 6) is -3.25. The van der Waals surface area contributed by atoms with Gasteiger partial charge in [-0.1, -0.05) is 92.4 Å². The second-order valence-corrected chi connectivity index (χ2v) is 20.2. The van der Waals surface area contributed by atoms with Crippen LogP contribution in [-0.4, -0.2) is 189 Å². The fraction of sp³-hybridized carbons (Fsp3) is 0.940. The van der Waals surface area contributed by atoms with Gasteiger partial charge in [0.15, 0.2) is 43.5 Å². The summed E-state index contributed by atoms with van der Waals surface area (Å²) in [6.07, 6.45) is -20.3. The molecule has 0 radical (unpaired) electrons. The number of ether oxygens (including phenoxy) is 11. The average molecular weight is 1020 g/mol. The van der Waals surface area contributed by atoms with E-state index in [1.165, 1.54) is 13.8 Å². The molecule has 412 valence electrons. The summed E-state index contributed by atoms with van der Waals surface area (Å²) in [5, 5.41) is 78.9. The Hall–Kier alpha value is -2.19. The maximum absolute atomic E-state index is 13.9. The van der Waals surface area contributed by atoms with Gasteiger partial charge >= 0.3 is 17.9 Å². The maximum atomic E-state index is 13.9. The summed E-state index contributed by atoms with van der Waals surface area (Å²) in [5.41, 5.74) is 0. The molecule has 23 atom stereocenters. The largest absolute Gasteiger partial charge is 0.457 e. The Morgan fingerprint density at radius 1 is 0.577 bits per heavy atom. The van der Waals surface area contributed by atoms with Crippen LogP contribution in [0.15, 0.2) is 0 Å². The van der Waals surface area contributed by atoms with E-state index in [0.29, 0.717) is 38.5 Å². The zero-order valence-electron chi connectivity index (χ0n) is 42.9. The van der Waals surface area contributed by atoms with Gasteiger partial charge in [0.25, 0.3) is 0 Å². The van der Waals surface area contributed by atoms with Crippen molar-refractivity contribution in [3.63, 3.8) is 0 Å². The van der Waals surface area contributed by atoms with Crippen molar-refractivity contribution in [2.24, 2.45) is 11.8 Å². The topological polar surface area (TPSA) is 294 Å². The molecule has 0 aliphatic carbocycles. The number of unbranched alkanes of at least 4 members (excludes halogenated alkanes) is 2. The quantitative estimate of drug-likeness (QED) is 0.0793. The number of fused-ring (bicyclic) bond motifs is 4. The van der Waals surface area contributed by atoms with Crippen LogP contribution >= 0.6 is 0 Å². The normalized spacial score (nSPS) is 42.4. The lowest BCUT2D eigenvalue weighted by Gasteiger charge is -2.50. The summed E-state index contributed by atoms with van der Waals surface area (Å²) in [4.78, 5) is 40.5. The van der Waals surface area contributed by atoms with Crippen molar-refractivity contribution in [1.29, 1.82) is 0 Å². The Morgan fingerprint density at radius 3 is 1.75 bits per heavy atom. The predicted octanol–water partition coefficient (Wildman–Crippen LogP) is 2.58. The first-order valence-electron chi connectivity index (χ1n) is 26.4. The van der Waals surface area contributed by atoms with E-state index in [1.807, 2.05) is 0 Å². The molecule has 2 bridgehead atoms. The maximum Gasteiger partial charge on any atom is 0.309 e. The fourth-order valence-electron chi connectivity index (χ4n) is 9.50. The Balaban J connectivity index is 1.54. The van der Waals surface area contributed by atoms with Gasteiger partial charge in [-0.05, 0) is 52.9 Å². The molecular formula is C50H86O21. The smallest absolute Gasteiger partial charge is 0.309 e. The summed E-state index contributed by atoms with van der Waals surface area (Å²) < 4.78 is 68.4. The average Bonchev–Trinajstić information content (AvgIpc) is 3.34. The van der Waals surface area contributed by atoms with Gasteiger partial charge in [-0.25, -0.2) is 0 Å². The predicted molar refractivity (Wildman–Crippen MR) is 249 cm³/mol. The first kappa shape index (κ1) is 59.7. The molecule has 7 N–H and O–H groups in total. The molecule has 0 aromatic rings. The van der Waals surface area contributed by atoms with E-state index < -0.39 is 159 Å². The van der Waals surface area contributed by atoms with Crippen molar-refractivity contribution < 1.29 is 102 Å². The molecule has 0 saturated carbocycles. The number of hydrogen-bond donors (Lipinski definition) is 7. The highest BCUT2D eigenvalue weighted by atomic mass is 16.8. The minimum Gasteiger partial charge on any atom is -0.457 e. The van der Waals surface area contributed by atoms with Crippen LogP contribution in [0.2, 0.25) is 0 Å². The van der Waals surface area contributed by atoms with Crippen LogP contribution in [0.1, 0.15) is 152 Å². The molecule has 71 heavy (non-hydrogen) atoms. The van der Waals surface area contributed by atoms with E-state index in [1.54, 1.807) is 34.6 Å². The molecule has 21 nitrogen and oxygen atoms in total. The molecule has 5 fully saturated rings. The zero-order chi connectivity index (χ0) is 52.1.